The minimum absolute atomic E-state index is 0.0608. The Hall–Kier alpha value is -2.68. The second kappa shape index (κ2) is 5.98. The van der Waals surface area contributed by atoms with Gasteiger partial charge in [-0.25, -0.2) is 0 Å². The molecule has 0 unspecified atom stereocenters. The number of methoxy groups -OCH3 is 1. The number of carbonyl (C=O) groups is 1. The van der Waals surface area contributed by atoms with Crippen molar-refractivity contribution in [2.45, 2.75) is 18.9 Å². The highest BCUT2D eigenvalue weighted by Gasteiger charge is 2.25. The summed E-state index contributed by atoms with van der Waals surface area (Å²) in [5.41, 5.74) is 0.717. The van der Waals surface area contributed by atoms with Crippen LogP contribution < -0.4 is 19.5 Å². The molecule has 1 aromatic carbocycles. The Bertz CT molecular complexity index is 654. The number of hydrogen-bond donors (Lipinski definition) is 1. The Labute approximate surface area is 128 Å². The smallest absolute Gasteiger partial charge is 0.262 e. The average molecular weight is 300 g/mol. The third-order valence-electron chi connectivity index (χ3n) is 3.44. The molecule has 1 heterocycles. The zero-order valence-corrected chi connectivity index (χ0v) is 12.2. The molecule has 22 heavy (non-hydrogen) atoms. The largest absolute Gasteiger partial charge is 0.493 e. The SMILES string of the molecule is COc1cc(/C=C(\C#N)C(=O)NC2CC2)cc2c1OCCO2. The Kier molecular flexibility index (Phi) is 3.88. The lowest BCUT2D eigenvalue weighted by Gasteiger charge is -2.21. The van der Waals surface area contributed by atoms with Gasteiger partial charge in [-0.1, -0.05) is 0 Å². The van der Waals surface area contributed by atoms with Gasteiger partial charge in [0.15, 0.2) is 11.5 Å². The van der Waals surface area contributed by atoms with Gasteiger partial charge >= 0.3 is 0 Å². The van der Waals surface area contributed by atoms with Gasteiger partial charge in [0.25, 0.3) is 5.91 Å². The number of benzene rings is 1. The summed E-state index contributed by atoms with van der Waals surface area (Å²) in [5, 5.41) is 12.0. The van der Waals surface area contributed by atoms with Crippen molar-refractivity contribution in [3.63, 3.8) is 0 Å². The van der Waals surface area contributed by atoms with Crippen LogP contribution in [0.5, 0.6) is 17.2 Å². The first-order valence-corrected chi connectivity index (χ1v) is 7.11. The monoisotopic (exact) mass is 300 g/mol. The number of rotatable bonds is 4. The van der Waals surface area contributed by atoms with Crippen molar-refractivity contribution in [1.29, 1.82) is 5.26 Å². The minimum atomic E-state index is -0.348. The van der Waals surface area contributed by atoms with Gasteiger partial charge in [-0.05, 0) is 36.6 Å². The fraction of sp³-hybridized carbons (Fsp3) is 0.375. The van der Waals surface area contributed by atoms with Crippen LogP contribution in [0.15, 0.2) is 17.7 Å². The van der Waals surface area contributed by atoms with Crippen LogP contribution >= 0.6 is 0 Å². The van der Waals surface area contributed by atoms with Crippen LogP contribution in [0.25, 0.3) is 6.08 Å². The molecule has 2 aliphatic rings. The summed E-state index contributed by atoms with van der Waals surface area (Å²) >= 11 is 0. The highest BCUT2D eigenvalue weighted by molar-refractivity contribution is 6.02. The van der Waals surface area contributed by atoms with E-state index >= 15 is 0 Å². The first kappa shape index (κ1) is 14.3. The Morgan fingerprint density at radius 1 is 1.41 bits per heavy atom. The first-order chi connectivity index (χ1) is 10.7. The van der Waals surface area contributed by atoms with E-state index in [2.05, 4.69) is 5.32 Å². The van der Waals surface area contributed by atoms with Gasteiger partial charge in [-0.3, -0.25) is 4.79 Å². The normalized spacial score (nSPS) is 16.6. The van der Waals surface area contributed by atoms with Crippen molar-refractivity contribution in [3.05, 3.63) is 23.3 Å². The van der Waals surface area contributed by atoms with Crippen molar-refractivity contribution in [2.75, 3.05) is 20.3 Å². The van der Waals surface area contributed by atoms with Crippen LogP contribution in [0.3, 0.4) is 0 Å². The zero-order valence-electron chi connectivity index (χ0n) is 12.2. The lowest BCUT2D eigenvalue weighted by atomic mass is 10.1. The molecular weight excluding hydrogens is 284 g/mol. The van der Waals surface area contributed by atoms with Crippen LogP contribution in [-0.4, -0.2) is 32.3 Å². The number of carbonyl (C=O) groups excluding carboxylic acids is 1. The predicted octanol–water partition coefficient (Wildman–Crippen LogP) is 1.65. The summed E-state index contributed by atoms with van der Waals surface area (Å²) in [6, 6.07) is 5.60. The van der Waals surface area contributed by atoms with E-state index in [0.29, 0.717) is 36.0 Å². The van der Waals surface area contributed by atoms with Crippen LogP contribution in [-0.2, 0) is 4.79 Å². The van der Waals surface area contributed by atoms with Crippen LogP contribution in [0.2, 0.25) is 0 Å². The van der Waals surface area contributed by atoms with Crippen LogP contribution in [0.1, 0.15) is 18.4 Å². The van der Waals surface area contributed by atoms with E-state index in [0.717, 1.165) is 12.8 Å². The highest BCUT2D eigenvalue weighted by Crippen LogP contribution is 2.40. The van der Waals surface area contributed by atoms with Gasteiger partial charge in [0.05, 0.1) is 7.11 Å². The summed E-state index contributed by atoms with van der Waals surface area (Å²) in [6.07, 6.45) is 3.48. The van der Waals surface area contributed by atoms with Crippen LogP contribution in [0, 0.1) is 11.3 Å². The summed E-state index contributed by atoms with van der Waals surface area (Å²) in [4.78, 5) is 12.0. The quantitative estimate of drug-likeness (QED) is 0.675. The third-order valence-corrected chi connectivity index (χ3v) is 3.44. The molecule has 0 spiro atoms. The fourth-order valence-electron chi connectivity index (χ4n) is 2.18. The lowest BCUT2D eigenvalue weighted by Crippen LogP contribution is -2.26. The predicted molar refractivity (Wildman–Crippen MR) is 78.7 cm³/mol. The topological polar surface area (TPSA) is 80.6 Å². The van der Waals surface area contributed by atoms with Crippen LogP contribution in [0.4, 0.5) is 0 Å². The average Bonchev–Trinajstić information content (AvgIpc) is 3.35. The Morgan fingerprint density at radius 2 is 2.18 bits per heavy atom. The number of nitrogens with zero attached hydrogens (tertiary/aromatic N) is 1. The molecule has 1 amide bonds. The number of fused-ring (bicyclic) bond motifs is 1. The van der Waals surface area contributed by atoms with Gasteiger partial charge in [-0.2, -0.15) is 5.26 Å². The number of ether oxygens (including phenoxy) is 3. The molecule has 0 radical (unpaired) electrons. The van der Waals surface area contributed by atoms with E-state index in [9.17, 15) is 10.1 Å². The van der Waals surface area contributed by atoms with Gasteiger partial charge in [-0.15, -0.1) is 0 Å². The summed E-state index contributed by atoms with van der Waals surface area (Å²) in [7, 11) is 1.53. The molecule has 1 fully saturated rings. The maximum absolute atomic E-state index is 12.0. The van der Waals surface area contributed by atoms with Gasteiger partial charge in [0.1, 0.15) is 24.9 Å². The summed E-state index contributed by atoms with van der Waals surface area (Å²) < 4.78 is 16.4. The van der Waals surface area contributed by atoms with E-state index < -0.39 is 0 Å². The summed E-state index contributed by atoms with van der Waals surface area (Å²) in [6.45, 7) is 0.919. The van der Waals surface area contributed by atoms with Gasteiger partial charge < -0.3 is 19.5 Å². The molecule has 6 heteroatoms. The highest BCUT2D eigenvalue weighted by atomic mass is 16.6. The molecule has 1 aliphatic heterocycles. The van der Waals surface area contributed by atoms with Crippen molar-refractivity contribution in [1.82, 2.24) is 5.32 Å². The minimum Gasteiger partial charge on any atom is -0.493 e. The Morgan fingerprint density at radius 3 is 2.86 bits per heavy atom. The number of nitriles is 1. The van der Waals surface area contributed by atoms with Crippen molar-refractivity contribution in [3.8, 4) is 23.3 Å². The van der Waals surface area contributed by atoms with Crippen molar-refractivity contribution in [2.24, 2.45) is 0 Å². The lowest BCUT2D eigenvalue weighted by molar-refractivity contribution is -0.117. The number of nitrogens with one attached hydrogen (secondary N) is 1. The van der Waals surface area contributed by atoms with Gasteiger partial charge in [0.2, 0.25) is 5.75 Å². The second-order valence-electron chi connectivity index (χ2n) is 5.16. The van der Waals surface area contributed by atoms with E-state index in [1.807, 2.05) is 6.07 Å². The molecule has 1 N–H and O–H groups in total. The second-order valence-corrected chi connectivity index (χ2v) is 5.16. The van der Waals surface area contributed by atoms with E-state index in [-0.39, 0.29) is 17.5 Å². The third kappa shape index (κ3) is 2.98. The Balaban J connectivity index is 1.91. The molecule has 1 aromatic rings. The molecule has 3 rings (SSSR count). The molecule has 114 valence electrons. The van der Waals surface area contributed by atoms with Gasteiger partial charge in [0, 0.05) is 6.04 Å². The van der Waals surface area contributed by atoms with Crippen molar-refractivity contribution >= 4 is 12.0 Å². The number of amides is 1. The molecule has 6 nitrogen and oxygen atoms in total. The van der Waals surface area contributed by atoms with Crippen molar-refractivity contribution < 1.29 is 19.0 Å². The first-order valence-electron chi connectivity index (χ1n) is 7.11. The molecular formula is C16H16N2O4. The summed E-state index contributed by atoms with van der Waals surface area (Å²) in [5.74, 6) is 1.27. The molecule has 0 aromatic heterocycles. The maximum atomic E-state index is 12.0. The van der Waals surface area contributed by atoms with E-state index in [1.54, 1.807) is 12.1 Å². The standard InChI is InChI=1S/C16H16N2O4/c1-20-13-7-10(8-14-15(13)22-5-4-21-14)6-11(9-17)16(19)18-12-2-3-12/h6-8,12H,2-5H2,1H3,(H,18,19)/b11-6+. The zero-order chi connectivity index (χ0) is 15.5. The molecule has 0 bridgehead atoms. The van der Waals surface area contributed by atoms with E-state index in [1.165, 1.54) is 13.2 Å². The van der Waals surface area contributed by atoms with E-state index in [4.69, 9.17) is 14.2 Å². The number of hydrogen-bond acceptors (Lipinski definition) is 5. The fourth-order valence-corrected chi connectivity index (χ4v) is 2.18. The molecule has 1 aliphatic carbocycles. The maximum Gasteiger partial charge on any atom is 0.262 e. The molecule has 0 atom stereocenters. The molecule has 0 saturated heterocycles. The molecule has 1 saturated carbocycles.